The molecule has 0 spiro atoms. The first-order valence-electron chi connectivity index (χ1n) is 6.13. The van der Waals surface area contributed by atoms with Crippen molar-refractivity contribution >= 4 is 17.7 Å². The van der Waals surface area contributed by atoms with Crippen molar-refractivity contribution in [3.05, 3.63) is 0 Å². The Morgan fingerprint density at radius 1 is 1.56 bits per heavy atom. The number of carbonyl (C=O) groups excluding carboxylic acids is 1. The van der Waals surface area contributed by atoms with Crippen molar-refractivity contribution in [2.24, 2.45) is 5.92 Å². The first kappa shape index (κ1) is 13.8. The van der Waals surface area contributed by atoms with Crippen molar-refractivity contribution in [2.75, 3.05) is 31.6 Å². The van der Waals surface area contributed by atoms with Crippen molar-refractivity contribution in [1.82, 2.24) is 10.2 Å². The molecule has 1 atom stereocenters. The third-order valence-corrected chi connectivity index (χ3v) is 3.34. The van der Waals surface area contributed by atoms with Gasteiger partial charge < -0.3 is 10.2 Å². The minimum Gasteiger partial charge on any atom is -0.340 e. The summed E-state index contributed by atoms with van der Waals surface area (Å²) >= 11 is 1.61. The Hall–Kier alpha value is -0.220. The van der Waals surface area contributed by atoms with Crippen molar-refractivity contribution in [1.29, 1.82) is 0 Å². The van der Waals surface area contributed by atoms with E-state index < -0.39 is 0 Å². The Morgan fingerprint density at radius 2 is 2.31 bits per heavy atom. The third-order valence-electron chi connectivity index (χ3n) is 2.81. The van der Waals surface area contributed by atoms with E-state index in [2.05, 4.69) is 19.2 Å². The molecule has 0 aromatic carbocycles. The molecule has 1 fully saturated rings. The molecule has 0 aliphatic carbocycles. The highest BCUT2D eigenvalue weighted by molar-refractivity contribution is 7.99. The highest BCUT2D eigenvalue weighted by atomic mass is 32.2. The summed E-state index contributed by atoms with van der Waals surface area (Å²) in [5.41, 5.74) is 0. The van der Waals surface area contributed by atoms with E-state index in [0.29, 0.717) is 17.7 Å². The van der Waals surface area contributed by atoms with E-state index >= 15 is 0 Å². The van der Waals surface area contributed by atoms with Crippen LogP contribution < -0.4 is 5.32 Å². The molecule has 1 saturated heterocycles. The highest BCUT2D eigenvalue weighted by Gasteiger charge is 2.21. The zero-order valence-corrected chi connectivity index (χ0v) is 11.5. The number of thioether (sulfide) groups is 1. The largest absolute Gasteiger partial charge is 0.340 e. The van der Waals surface area contributed by atoms with Gasteiger partial charge in [0.1, 0.15) is 0 Å². The number of amides is 1. The molecule has 1 amide bonds. The number of hydrogen-bond acceptors (Lipinski definition) is 3. The monoisotopic (exact) mass is 244 g/mol. The quantitative estimate of drug-likeness (QED) is 0.770. The lowest BCUT2D eigenvalue weighted by Gasteiger charge is -2.27. The van der Waals surface area contributed by atoms with Gasteiger partial charge >= 0.3 is 0 Å². The van der Waals surface area contributed by atoms with Gasteiger partial charge in [-0.1, -0.05) is 13.8 Å². The smallest absolute Gasteiger partial charge is 0.232 e. The zero-order valence-electron chi connectivity index (χ0n) is 10.7. The number of hydrogen-bond donors (Lipinski definition) is 1. The van der Waals surface area contributed by atoms with Crippen molar-refractivity contribution in [2.45, 2.75) is 32.7 Å². The fourth-order valence-electron chi connectivity index (χ4n) is 2.11. The van der Waals surface area contributed by atoms with Crippen LogP contribution in [0.15, 0.2) is 0 Å². The van der Waals surface area contributed by atoms with E-state index in [4.69, 9.17) is 0 Å². The molecule has 1 aliphatic heterocycles. The van der Waals surface area contributed by atoms with Crippen LogP contribution in [0.1, 0.15) is 26.7 Å². The number of nitrogens with one attached hydrogen (secondary N) is 1. The Labute approximate surface area is 103 Å². The fourth-order valence-corrected chi connectivity index (χ4v) is 2.54. The van der Waals surface area contributed by atoms with Gasteiger partial charge in [0, 0.05) is 19.1 Å². The maximum Gasteiger partial charge on any atom is 0.232 e. The van der Waals surface area contributed by atoms with Crippen LogP contribution in [-0.4, -0.2) is 48.5 Å². The van der Waals surface area contributed by atoms with Gasteiger partial charge in [0.15, 0.2) is 0 Å². The molecule has 94 valence electrons. The highest BCUT2D eigenvalue weighted by Crippen LogP contribution is 2.10. The minimum absolute atomic E-state index is 0.287. The second-order valence-corrected chi connectivity index (χ2v) is 5.78. The summed E-state index contributed by atoms with van der Waals surface area (Å²) < 4.78 is 0. The molecular weight excluding hydrogens is 220 g/mol. The number of carbonyl (C=O) groups is 1. The summed E-state index contributed by atoms with van der Waals surface area (Å²) in [5, 5.41) is 3.46. The molecule has 0 bridgehead atoms. The Bertz CT molecular complexity index is 215. The van der Waals surface area contributed by atoms with Crippen LogP contribution in [0.2, 0.25) is 0 Å². The molecule has 0 aromatic rings. The van der Waals surface area contributed by atoms with Crippen LogP contribution in [-0.2, 0) is 4.79 Å². The molecule has 4 heteroatoms. The summed E-state index contributed by atoms with van der Waals surface area (Å²) in [6.07, 6.45) is 4.44. The minimum atomic E-state index is 0.287. The van der Waals surface area contributed by atoms with Gasteiger partial charge in [0.05, 0.1) is 5.75 Å². The zero-order chi connectivity index (χ0) is 12.0. The van der Waals surface area contributed by atoms with Gasteiger partial charge in [-0.05, 0) is 31.6 Å². The maximum atomic E-state index is 11.9. The first-order valence-corrected chi connectivity index (χ1v) is 7.53. The van der Waals surface area contributed by atoms with Crippen LogP contribution in [0.25, 0.3) is 0 Å². The van der Waals surface area contributed by atoms with Crippen LogP contribution >= 0.6 is 11.8 Å². The normalized spacial score (nSPS) is 20.4. The molecule has 1 heterocycles. The van der Waals surface area contributed by atoms with Crippen molar-refractivity contribution < 1.29 is 4.79 Å². The molecule has 1 N–H and O–H groups in total. The SMILES string of the molecule is CSCC(=O)N(CC(C)C)CC1CCCN1. The predicted molar refractivity (Wildman–Crippen MR) is 70.8 cm³/mol. The summed E-state index contributed by atoms with van der Waals surface area (Å²) in [4.78, 5) is 14.0. The lowest BCUT2D eigenvalue weighted by Crippen LogP contribution is -2.43. The number of rotatable bonds is 6. The van der Waals surface area contributed by atoms with Gasteiger partial charge in [-0.2, -0.15) is 11.8 Å². The standard InChI is InChI=1S/C12H24N2OS/c1-10(2)7-14(12(15)9-16-3)8-11-5-4-6-13-11/h10-11,13H,4-9H2,1-3H3. The summed E-state index contributed by atoms with van der Waals surface area (Å²) in [6.45, 7) is 7.22. The molecule has 0 saturated carbocycles. The van der Waals surface area contributed by atoms with Crippen LogP contribution in [0.5, 0.6) is 0 Å². The molecule has 0 radical (unpaired) electrons. The molecule has 3 nitrogen and oxygen atoms in total. The molecule has 1 unspecified atom stereocenters. The van der Waals surface area contributed by atoms with Crippen LogP contribution in [0, 0.1) is 5.92 Å². The Kier molecular flexibility index (Phi) is 6.21. The van der Waals surface area contributed by atoms with Gasteiger partial charge in [-0.3, -0.25) is 4.79 Å². The molecular formula is C12H24N2OS. The van der Waals surface area contributed by atoms with Crippen LogP contribution in [0.4, 0.5) is 0 Å². The maximum absolute atomic E-state index is 11.9. The van der Waals surface area contributed by atoms with E-state index in [9.17, 15) is 4.79 Å². The van der Waals surface area contributed by atoms with Gasteiger partial charge in [-0.15, -0.1) is 0 Å². The lowest BCUT2D eigenvalue weighted by molar-refractivity contribution is -0.129. The molecule has 1 aliphatic rings. The number of nitrogens with zero attached hydrogens (tertiary/aromatic N) is 1. The van der Waals surface area contributed by atoms with Crippen molar-refractivity contribution in [3.8, 4) is 0 Å². The van der Waals surface area contributed by atoms with Crippen LogP contribution in [0.3, 0.4) is 0 Å². The average Bonchev–Trinajstić information content (AvgIpc) is 2.69. The summed E-state index contributed by atoms with van der Waals surface area (Å²) in [7, 11) is 0. The Balaban J connectivity index is 2.44. The third kappa shape index (κ3) is 4.74. The van der Waals surface area contributed by atoms with Gasteiger partial charge in [-0.25, -0.2) is 0 Å². The van der Waals surface area contributed by atoms with E-state index in [1.807, 2.05) is 11.2 Å². The topological polar surface area (TPSA) is 32.3 Å². The van der Waals surface area contributed by atoms with Gasteiger partial charge in [0.25, 0.3) is 0 Å². The summed E-state index contributed by atoms with van der Waals surface area (Å²) in [6, 6.07) is 0.518. The lowest BCUT2D eigenvalue weighted by atomic mass is 10.1. The molecule has 1 rings (SSSR count). The van der Waals surface area contributed by atoms with Gasteiger partial charge in [0.2, 0.25) is 5.91 Å². The second-order valence-electron chi connectivity index (χ2n) is 4.92. The summed E-state index contributed by atoms with van der Waals surface area (Å²) in [5.74, 6) is 1.45. The van der Waals surface area contributed by atoms with Crippen molar-refractivity contribution in [3.63, 3.8) is 0 Å². The average molecular weight is 244 g/mol. The molecule has 0 aromatic heterocycles. The van der Waals surface area contributed by atoms with E-state index in [-0.39, 0.29) is 5.91 Å². The predicted octanol–water partition coefficient (Wildman–Crippen LogP) is 1.59. The van der Waals surface area contributed by atoms with E-state index in [1.165, 1.54) is 12.8 Å². The molecule has 16 heavy (non-hydrogen) atoms. The first-order chi connectivity index (χ1) is 7.63. The van der Waals surface area contributed by atoms with E-state index in [0.717, 1.165) is 19.6 Å². The fraction of sp³-hybridized carbons (Fsp3) is 0.917. The second kappa shape index (κ2) is 7.17. The Morgan fingerprint density at radius 3 is 2.81 bits per heavy atom. The van der Waals surface area contributed by atoms with E-state index in [1.54, 1.807) is 11.8 Å².